The third kappa shape index (κ3) is 4.74. The highest BCUT2D eigenvalue weighted by Crippen LogP contribution is 2.36. The summed E-state index contributed by atoms with van der Waals surface area (Å²) in [6.07, 6.45) is -0.0780. The van der Waals surface area contributed by atoms with E-state index in [1.54, 1.807) is 50.2 Å². The number of anilines is 2. The molecule has 31 heavy (non-hydrogen) atoms. The van der Waals surface area contributed by atoms with Crippen molar-refractivity contribution in [1.82, 2.24) is 5.32 Å². The second-order valence-electron chi connectivity index (χ2n) is 7.74. The molecule has 1 aliphatic heterocycles. The average molecular weight is 423 g/mol. The number of amides is 3. The quantitative estimate of drug-likeness (QED) is 0.695. The van der Waals surface area contributed by atoms with E-state index in [9.17, 15) is 19.2 Å². The summed E-state index contributed by atoms with van der Waals surface area (Å²) < 4.78 is 5.10. The molecule has 0 atom stereocenters. The van der Waals surface area contributed by atoms with E-state index in [1.165, 1.54) is 4.90 Å². The van der Waals surface area contributed by atoms with Gasteiger partial charge in [-0.2, -0.15) is 0 Å². The van der Waals surface area contributed by atoms with Gasteiger partial charge in [0.05, 0.1) is 17.8 Å². The van der Waals surface area contributed by atoms with Gasteiger partial charge in [0, 0.05) is 12.1 Å². The molecule has 0 bridgehead atoms. The van der Waals surface area contributed by atoms with E-state index in [0.717, 1.165) is 5.56 Å². The van der Waals surface area contributed by atoms with Gasteiger partial charge in [-0.15, -0.1) is 0 Å². The zero-order valence-electron chi connectivity index (χ0n) is 17.7. The van der Waals surface area contributed by atoms with Gasteiger partial charge in [-0.25, -0.2) is 0 Å². The van der Waals surface area contributed by atoms with Crippen LogP contribution in [0.4, 0.5) is 11.4 Å². The van der Waals surface area contributed by atoms with Gasteiger partial charge in [0.15, 0.2) is 6.61 Å². The normalized spacial score (nSPS) is 14.3. The summed E-state index contributed by atoms with van der Waals surface area (Å²) in [7, 11) is 0. The van der Waals surface area contributed by atoms with Crippen LogP contribution in [0.5, 0.6) is 0 Å². The van der Waals surface area contributed by atoms with Crippen molar-refractivity contribution in [3.63, 3.8) is 0 Å². The number of carbonyl (C=O) groups is 4. The second kappa shape index (κ2) is 8.99. The zero-order chi connectivity index (χ0) is 22.6. The van der Waals surface area contributed by atoms with Gasteiger partial charge in [0.25, 0.3) is 11.8 Å². The standard InChI is InChI=1S/C23H25N3O5/c1-15-8-4-5-9-16(15)21(29)24-13-12-20(28)31-14-19(27)26-18-11-7-6-10-17(18)25-22(30)23(26,2)3/h4-11H,12-14H2,1-3H3,(H,24,29)(H,25,30). The fraction of sp³-hybridized carbons (Fsp3) is 0.304. The fourth-order valence-electron chi connectivity index (χ4n) is 3.38. The van der Waals surface area contributed by atoms with Crippen LogP contribution in [0.15, 0.2) is 48.5 Å². The smallest absolute Gasteiger partial charge is 0.308 e. The van der Waals surface area contributed by atoms with Crippen molar-refractivity contribution in [2.24, 2.45) is 0 Å². The molecule has 0 aromatic heterocycles. The zero-order valence-corrected chi connectivity index (χ0v) is 17.7. The number of hydrogen-bond donors (Lipinski definition) is 2. The minimum absolute atomic E-state index is 0.0780. The molecule has 1 heterocycles. The molecule has 3 rings (SSSR count). The molecule has 8 heteroatoms. The Labute approximate surface area is 180 Å². The molecule has 0 aliphatic carbocycles. The number of nitrogens with one attached hydrogen (secondary N) is 2. The van der Waals surface area contributed by atoms with Gasteiger partial charge < -0.3 is 15.4 Å². The number of ether oxygens (including phenoxy) is 1. The van der Waals surface area contributed by atoms with Crippen LogP contribution in [0, 0.1) is 6.92 Å². The van der Waals surface area contributed by atoms with Crippen molar-refractivity contribution in [3.8, 4) is 0 Å². The van der Waals surface area contributed by atoms with Crippen LogP contribution in [0.3, 0.4) is 0 Å². The van der Waals surface area contributed by atoms with E-state index in [1.807, 2.05) is 19.1 Å². The first-order valence-electron chi connectivity index (χ1n) is 9.95. The molecule has 0 saturated heterocycles. The fourth-order valence-corrected chi connectivity index (χ4v) is 3.38. The van der Waals surface area contributed by atoms with E-state index < -0.39 is 24.0 Å². The topological polar surface area (TPSA) is 105 Å². The first-order valence-corrected chi connectivity index (χ1v) is 9.95. The van der Waals surface area contributed by atoms with E-state index in [0.29, 0.717) is 16.9 Å². The van der Waals surface area contributed by atoms with Crippen LogP contribution < -0.4 is 15.5 Å². The molecular formula is C23H25N3O5. The van der Waals surface area contributed by atoms with Crippen LogP contribution in [0.1, 0.15) is 36.2 Å². The molecule has 2 aromatic rings. The predicted molar refractivity (Wildman–Crippen MR) is 116 cm³/mol. The van der Waals surface area contributed by atoms with Gasteiger partial charge in [0.2, 0.25) is 5.91 Å². The SMILES string of the molecule is Cc1ccccc1C(=O)NCCC(=O)OCC(=O)N1c2ccccc2NC(=O)C1(C)C. The monoisotopic (exact) mass is 423 g/mol. The van der Waals surface area contributed by atoms with Crippen LogP contribution in [-0.4, -0.2) is 42.4 Å². The Morgan fingerprint density at radius 2 is 1.74 bits per heavy atom. The number of para-hydroxylation sites is 2. The maximum Gasteiger partial charge on any atom is 0.308 e. The van der Waals surface area contributed by atoms with Gasteiger partial charge in [-0.3, -0.25) is 24.1 Å². The summed E-state index contributed by atoms with van der Waals surface area (Å²) in [4.78, 5) is 50.8. The summed E-state index contributed by atoms with van der Waals surface area (Å²) >= 11 is 0. The number of nitrogens with zero attached hydrogens (tertiary/aromatic N) is 1. The molecule has 0 saturated carbocycles. The van der Waals surface area contributed by atoms with Crippen LogP contribution in [0.25, 0.3) is 0 Å². The largest absolute Gasteiger partial charge is 0.455 e. The van der Waals surface area contributed by atoms with Gasteiger partial charge in [-0.1, -0.05) is 30.3 Å². The third-order valence-electron chi connectivity index (χ3n) is 5.12. The average Bonchev–Trinajstić information content (AvgIpc) is 2.73. The molecule has 0 spiro atoms. The predicted octanol–water partition coefficient (Wildman–Crippen LogP) is 2.42. The van der Waals surface area contributed by atoms with Gasteiger partial charge >= 0.3 is 5.97 Å². The maximum absolute atomic E-state index is 12.8. The van der Waals surface area contributed by atoms with E-state index >= 15 is 0 Å². The summed E-state index contributed by atoms with van der Waals surface area (Å²) in [5.41, 5.74) is 1.29. The second-order valence-corrected chi connectivity index (χ2v) is 7.74. The molecule has 1 aliphatic rings. The lowest BCUT2D eigenvalue weighted by atomic mass is 9.96. The van der Waals surface area contributed by atoms with E-state index in [-0.39, 0.29) is 24.8 Å². The van der Waals surface area contributed by atoms with Crippen molar-refractivity contribution in [1.29, 1.82) is 0 Å². The van der Waals surface area contributed by atoms with Crippen LogP contribution in [0.2, 0.25) is 0 Å². The van der Waals surface area contributed by atoms with Crippen molar-refractivity contribution in [2.75, 3.05) is 23.4 Å². The lowest BCUT2D eigenvalue weighted by Crippen LogP contribution is -2.59. The lowest BCUT2D eigenvalue weighted by molar-refractivity contribution is -0.148. The highest BCUT2D eigenvalue weighted by atomic mass is 16.5. The minimum Gasteiger partial charge on any atom is -0.455 e. The van der Waals surface area contributed by atoms with Crippen LogP contribution in [-0.2, 0) is 19.1 Å². The molecule has 162 valence electrons. The summed E-state index contributed by atoms with van der Waals surface area (Å²) in [5, 5.41) is 5.44. The van der Waals surface area contributed by atoms with Crippen molar-refractivity contribution in [3.05, 3.63) is 59.7 Å². The summed E-state index contributed by atoms with van der Waals surface area (Å²) in [5.74, 6) is -1.74. The molecular weight excluding hydrogens is 398 g/mol. The Balaban J connectivity index is 1.54. The Morgan fingerprint density at radius 1 is 1.06 bits per heavy atom. The van der Waals surface area contributed by atoms with E-state index in [2.05, 4.69) is 10.6 Å². The Hall–Kier alpha value is -3.68. The van der Waals surface area contributed by atoms with Crippen molar-refractivity contribution >= 4 is 35.1 Å². The lowest BCUT2D eigenvalue weighted by Gasteiger charge is -2.41. The number of benzene rings is 2. The molecule has 3 amide bonds. The number of rotatable bonds is 6. The third-order valence-corrected chi connectivity index (χ3v) is 5.12. The highest BCUT2D eigenvalue weighted by Gasteiger charge is 2.43. The number of carbonyl (C=O) groups excluding carboxylic acids is 4. The molecule has 2 aromatic carbocycles. The first kappa shape index (κ1) is 22.0. The van der Waals surface area contributed by atoms with E-state index in [4.69, 9.17) is 4.74 Å². The maximum atomic E-state index is 12.8. The van der Waals surface area contributed by atoms with Crippen molar-refractivity contribution in [2.45, 2.75) is 32.7 Å². The first-order chi connectivity index (χ1) is 14.7. The van der Waals surface area contributed by atoms with Crippen molar-refractivity contribution < 1.29 is 23.9 Å². The Bertz CT molecular complexity index is 1030. The molecule has 0 fully saturated rings. The molecule has 0 unspecified atom stereocenters. The number of hydrogen-bond acceptors (Lipinski definition) is 5. The minimum atomic E-state index is -1.14. The Kier molecular flexibility index (Phi) is 6.39. The number of aryl methyl sites for hydroxylation is 1. The summed E-state index contributed by atoms with van der Waals surface area (Å²) in [6.45, 7) is 4.66. The number of fused-ring (bicyclic) bond motifs is 1. The Morgan fingerprint density at radius 3 is 2.48 bits per heavy atom. The molecule has 8 nitrogen and oxygen atoms in total. The summed E-state index contributed by atoms with van der Waals surface area (Å²) in [6, 6.07) is 14.1. The number of esters is 1. The molecule has 2 N–H and O–H groups in total. The van der Waals surface area contributed by atoms with Gasteiger partial charge in [0.1, 0.15) is 5.54 Å². The highest BCUT2D eigenvalue weighted by molar-refractivity contribution is 6.14. The molecule has 0 radical (unpaired) electrons. The van der Waals surface area contributed by atoms with Gasteiger partial charge in [-0.05, 0) is 44.5 Å². The van der Waals surface area contributed by atoms with Crippen LogP contribution >= 0.6 is 0 Å².